The molecular formula is C16H26N4O3. The molecule has 0 radical (unpaired) electrons. The third-order valence-corrected chi connectivity index (χ3v) is 4.65. The van der Waals surface area contributed by atoms with Crippen LogP contribution in [0.2, 0.25) is 0 Å². The van der Waals surface area contributed by atoms with Crippen LogP contribution in [0.25, 0.3) is 0 Å². The number of nitrogens with zero attached hydrogens (tertiary/aromatic N) is 3. The Hall–Kier alpha value is -1.44. The number of rotatable bonds is 3. The van der Waals surface area contributed by atoms with Crippen LogP contribution in [-0.4, -0.2) is 52.6 Å². The van der Waals surface area contributed by atoms with Crippen LogP contribution >= 0.6 is 0 Å². The predicted octanol–water partition coefficient (Wildman–Crippen LogP) is 1.61. The van der Waals surface area contributed by atoms with Gasteiger partial charge in [0.1, 0.15) is 17.7 Å². The molecule has 7 nitrogen and oxygen atoms in total. The number of hydroxylamine groups is 2. The third-order valence-electron chi connectivity index (χ3n) is 4.65. The van der Waals surface area contributed by atoms with E-state index in [4.69, 9.17) is 9.36 Å². The van der Waals surface area contributed by atoms with Gasteiger partial charge in [-0.2, -0.15) is 5.06 Å². The molecule has 23 heavy (non-hydrogen) atoms. The number of aromatic nitrogens is 1. The Labute approximate surface area is 136 Å². The van der Waals surface area contributed by atoms with Crippen molar-refractivity contribution in [2.75, 3.05) is 13.6 Å². The van der Waals surface area contributed by atoms with Gasteiger partial charge in [-0.3, -0.25) is 14.9 Å². The highest BCUT2D eigenvalue weighted by Gasteiger charge is 2.45. The van der Waals surface area contributed by atoms with Gasteiger partial charge in [-0.15, -0.1) is 0 Å². The summed E-state index contributed by atoms with van der Waals surface area (Å²) in [6.45, 7) is 8.49. The number of hydrogen-bond donors (Lipinski definition) is 1. The van der Waals surface area contributed by atoms with Gasteiger partial charge in [0.2, 0.25) is 5.91 Å². The number of likely N-dealkylation sites (N-methyl/N-ethyl adjacent to an activating group) is 1. The van der Waals surface area contributed by atoms with Gasteiger partial charge in [0, 0.05) is 19.7 Å². The van der Waals surface area contributed by atoms with Crippen LogP contribution in [0.5, 0.6) is 0 Å². The van der Waals surface area contributed by atoms with E-state index in [0.717, 1.165) is 25.1 Å². The highest BCUT2D eigenvalue weighted by Crippen LogP contribution is 2.31. The molecule has 1 N–H and O–H groups in total. The zero-order valence-corrected chi connectivity index (χ0v) is 14.5. The first kappa shape index (κ1) is 16.4. The fourth-order valence-corrected chi connectivity index (χ4v) is 3.58. The van der Waals surface area contributed by atoms with Gasteiger partial charge in [0.25, 0.3) is 0 Å². The van der Waals surface area contributed by atoms with E-state index in [2.05, 4.69) is 10.5 Å². The lowest BCUT2D eigenvalue weighted by Crippen LogP contribution is -2.54. The molecule has 1 unspecified atom stereocenters. The van der Waals surface area contributed by atoms with Gasteiger partial charge in [-0.1, -0.05) is 5.16 Å². The van der Waals surface area contributed by atoms with Crippen molar-refractivity contribution in [1.29, 1.82) is 0 Å². The Kier molecular flexibility index (Phi) is 4.20. The van der Waals surface area contributed by atoms with E-state index in [0.29, 0.717) is 5.76 Å². The van der Waals surface area contributed by atoms with Crippen molar-refractivity contribution in [3.05, 3.63) is 17.5 Å². The van der Waals surface area contributed by atoms with E-state index in [1.165, 1.54) is 0 Å². The van der Waals surface area contributed by atoms with Crippen molar-refractivity contribution in [3.63, 3.8) is 0 Å². The van der Waals surface area contributed by atoms with Crippen molar-refractivity contribution in [2.24, 2.45) is 0 Å². The molecule has 0 bridgehead atoms. The lowest BCUT2D eigenvalue weighted by atomic mass is 10.1. The molecule has 2 saturated heterocycles. The summed E-state index contributed by atoms with van der Waals surface area (Å²) in [6, 6.07) is 1.93. The number of carbonyl (C=O) groups is 1. The molecule has 2 aliphatic heterocycles. The monoisotopic (exact) mass is 322 g/mol. The topological polar surface area (TPSA) is 70.8 Å². The number of hydrogen-bond acceptors (Lipinski definition) is 6. The second kappa shape index (κ2) is 5.89. The minimum atomic E-state index is -0.412. The summed E-state index contributed by atoms with van der Waals surface area (Å²) >= 11 is 0. The first-order valence-corrected chi connectivity index (χ1v) is 8.22. The Morgan fingerprint density at radius 3 is 2.83 bits per heavy atom. The highest BCUT2D eigenvalue weighted by atomic mass is 16.7. The molecule has 3 rings (SSSR count). The van der Waals surface area contributed by atoms with Crippen LogP contribution in [-0.2, 0) is 9.63 Å². The van der Waals surface area contributed by atoms with Crippen LogP contribution in [0, 0.1) is 6.92 Å². The molecule has 0 spiro atoms. The maximum atomic E-state index is 12.9. The highest BCUT2D eigenvalue weighted by molar-refractivity contribution is 5.83. The fraction of sp³-hybridized carbons (Fsp3) is 0.750. The molecule has 0 aliphatic carbocycles. The van der Waals surface area contributed by atoms with Crippen LogP contribution in [0.4, 0.5) is 0 Å². The van der Waals surface area contributed by atoms with Crippen molar-refractivity contribution >= 4 is 5.91 Å². The van der Waals surface area contributed by atoms with Crippen LogP contribution in [0.3, 0.4) is 0 Å². The zero-order valence-electron chi connectivity index (χ0n) is 14.5. The van der Waals surface area contributed by atoms with Gasteiger partial charge in [0.15, 0.2) is 0 Å². The average Bonchev–Trinajstić information content (AvgIpc) is 3.16. The number of amides is 1. The van der Waals surface area contributed by atoms with Crippen molar-refractivity contribution in [3.8, 4) is 0 Å². The van der Waals surface area contributed by atoms with Gasteiger partial charge >= 0.3 is 0 Å². The first-order valence-electron chi connectivity index (χ1n) is 8.22. The van der Waals surface area contributed by atoms with Gasteiger partial charge in [-0.25, -0.2) is 0 Å². The molecule has 0 aromatic carbocycles. The molecule has 3 atom stereocenters. The van der Waals surface area contributed by atoms with E-state index in [-0.39, 0.29) is 24.0 Å². The van der Waals surface area contributed by atoms with Crippen LogP contribution in [0.1, 0.15) is 51.0 Å². The van der Waals surface area contributed by atoms with E-state index >= 15 is 0 Å². The van der Waals surface area contributed by atoms with Crippen LogP contribution < -0.4 is 5.32 Å². The first-order chi connectivity index (χ1) is 10.8. The molecule has 2 fully saturated rings. The SMILES string of the molecule is Cc1cc([C@H](C)C(=O)N2CCC[C@H]2C2NC(C)(C)ON2C)on1. The molecule has 3 heterocycles. The minimum Gasteiger partial charge on any atom is -0.360 e. The minimum absolute atomic E-state index is 0.000104. The summed E-state index contributed by atoms with van der Waals surface area (Å²) in [5.74, 6) is 0.392. The Morgan fingerprint density at radius 1 is 1.52 bits per heavy atom. The van der Waals surface area contributed by atoms with E-state index < -0.39 is 5.72 Å². The summed E-state index contributed by atoms with van der Waals surface area (Å²) in [4.78, 5) is 20.7. The number of nitrogens with one attached hydrogen (secondary N) is 1. The summed E-state index contributed by atoms with van der Waals surface area (Å²) < 4.78 is 5.27. The third kappa shape index (κ3) is 3.13. The smallest absolute Gasteiger partial charge is 0.233 e. The number of likely N-dealkylation sites (tertiary alicyclic amines) is 1. The summed E-state index contributed by atoms with van der Waals surface area (Å²) in [7, 11) is 1.91. The number of aryl methyl sites for hydroxylation is 1. The zero-order chi connectivity index (χ0) is 16.8. The second-order valence-corrected chi connectivity index (χ2v) is 7.07. The van der Waals surface area contributed by atoms with E-state index in [9.17, 15) is 4.79 Å². The lowest BCUT2D eigenvalue weighted by molar-refractivity contribution is -0.183. The van der Waals surface area contributed by atoms with E-state index in [1.807, 2.05) is 50.8 Å². The quantitative estimate of drug-likeness (QED) is 0.911. The summed E-state index contributed by atoms with van der Waals surface area (Å²) in [5, 5.41) is 9.18. The largest absolute Gasteiger partial charge is 0.360 e. The maximum absolute atomic E-state index is 12.9. The summed E-state index contributed by atoms with van der Waals surface area (Å²) in [6.07, 6.45) is 1.97. The van der Waals surface area contributed by atoms with Crippen molar-refractivity contribution < 1.29 is 14.2 Å². The Morgan fingerprint density at radius 2 is 2.26 bits per heavy atom. The van der Waals surface area contributed by atoms with Crippen LogP contribution in [0.15, 0.2) is 10.6 Å². The van der Waals surface area contributed by atoms with Crippen molar-refractivity contribution in [1.82, 2.24) is 20.4 Å². The molecule has 2 aliphatic rings. The van der Waals surface area contributed by atoms with Gasteiger partial charge < -0.3 is 9.42 Å². The molecule has 1 amide bonds. The second-order valence-electron chi connectivity index (χ2n) is 7.07. The van der Waals surface area contributed by atoms with Gasteiger partial charge in [-0.05, 0) is 40.5 Å². The Bertz CT molecular complexity index is 586. The predicted molar refractivity (Wildman–Crippen MR) is 84.2 cm³/mol. The average molecular weight is 322 g/mol. The normalized spacial score (nSPS) is 29.2. The van der Waals surface area contributed by atoms with Gasteiger partial charge in [0.05, 0.1) is 17.7 Å². The van der Waals surface area contributed by atoms with Crippen molar-refractivity contribution in [2.45, 2.75) is 64.4 Å². The Balaban J connectivity index is 1.75. The molecular weight excluding hydrogens is 296 g/mol. The molecule has 7 heteroatoms. The molecule has 1 aromatic heterocycles. The molecule has 0 saturated carbocycles. The van der Waals surface area contributed by atoms with E-state index in [1.54, 1.807) is 0 Å². The lowest BCUT2D eigenvalue weighted by Gasteiger charge is -2.32. The fourth-order valence-electron chi connectivity index (χ4n) is 3.58. The summed E-state index contributed by atoms with van der Waals surface area (Å²) in [5.41, 5.74) is 0.384. The molecule has 1 aromatic rings. The molecule has 128 valence electrons. The maximum Gasteiger partial charge on any atom is 0.233 e. The number of carbonyl (C=O) groups excluding carboxylic acids is 1. The standard InChI is InChI=1S/C16H26N4O3/c1-10-9-13(22-18-10)11(2)15(21)20-8-6-7-12(20)14-17-16(3,4)23-19(14)5/h9,11-12,14,17H,6-8H2,1-5H3/t11-,12-,14?/m0/s1.